The van der Waals surface area contributed by atoms with Gasteiger partial charge < -0.3 is 0 Å². The molecule has 0 spiro atoms. The van der Waals surface area contributed by atoms with E-state index in [9.17, 15) is 9.18 Å². The molecular formula is C15H12FIO. The molecule has 0 aliphatic heterocycles. The monoisotopic (exact) mass is 354 g/mol. The summed E-state index contributed by atoms with van der Waals surface area (Å²) in [6.45, 7) is 3.98. The number of hydrogen-bond acceptors (Lipinski definition) is 1. The molecule has 0 unspecified atom stereocenters. The Morgan fingerprint density at radius 3 is 2.39 bits per heavy atom. The first-order valence-electron chi connectivity index (χ1n) is 5.56. The summed E-state index contributed by atoms with van der Waals surface area (Å²) in [5.74, 6) is -0.390. The highest BCUT2D eigenvalue weighted by Gasteiger charge is 2.13. The van der Waals surface area contributed by atoms with Crippen LogP contribution in [0.3, 0.4) is 0 Å². The Labute approximate surface area is 119 Å². The third kappa shape index (κ3) is 2.61. The molecule has 2 aromatic carbocycles. The molecule has 0 radical (unpaired) electrons. The van der Waals surface area contributed by atoms with Gasteiger partial charge in [-0.3, -0.25) is 4.79 Å². The third-order valence-electron chi connectivity index (χ3n) is 2.94. The molecule has 0 bridgehead atoms. The maximum atomic E-state index is 13.0. The lowest BCUT2D eigenvalue weighted by Gasteiger charge is -2.06. The van der Waals surface area contributed by atoms with E-state index in [4.69, 9.17) is 0 Å². The molecule has 0 aromatic heterocycles. The van der Waals surface area contributed by atoms with Gasteiger partial charge >= 0.3 is 0 Å². The molecule has 0 aliphatic rings. The molecule has 92 valence electrons. The van der Waals surface area contributed by atoms with Crippen molar-refractivity contribution in [2.75, 3.05) is 0 Å². The lowest BCUT2D eigenvalue weighted by Crippen LogP contribution is -2.04. The fourth-order valence-electron chi connectivity index (χ4n) is 1.71. The average Bonchev–Trinajstić information content (AvgIpc) is 2.32. The number of hydrogen-bond donors (Lipinski definition) is 0. The van der Waals surface area contributed by atoms with Crippen molar-refractivity contribution >= 4 is 28.4 Å². The normalized spacial score (nSPS) is 10.4. The number of ketones is 1. The molecule has 18 heavy (non-hydrogen) atoms. The van der Waals surface area contributed by atoms with Crippen molar-refractivity contribution < 1.29 is 9.18 Å². The van der Waals surface area contributed by atoms with Gasteiger partial charge in [-0.2, -0.15) is 0 Å². The molecular weight excluding hydrogens is 342 g/mol. The average molecular weight is 354 g/mol. The van der Waals surface area contributed by atoms with Crippen molar-refractivity contribution in [2.45, 2.75) is 13.8 Å². The van der Waals surface area contributed by atoms with Crippen LogP contribution in [0.4, 0.5) is 4.39 Å². The number of aryl methyl sites for hydroxylation is 2. The lowest BCUT2D eigenvalue weighted by molar-refractivity contribution is 0.103. The van der Waals surface area contributed by atoms with E-state index in [0.29, 0.717) is 14.7 Å². The molecule has 2 aromatic rings. The van der Waals surface area contributed by atoms with Crippen LogP contribution in [0.2, 0.25) is 0 Å². The molecule has 0 atom stereocenters. The van der Waals surface area contributed by atoms with Gasteiger partial charge in [0, 0.05) is 14.7 Å². The summed E-state index contributed by atoms with van der Waals surface area (Å²) in [4.78, 5) is 12.3. The summed E-state index contributed by atoms with van der Waals surface area (Å²) < 4.78 is 13.6. The molecule has 2 rings (SSSR count). The molecule has 0 N–H and O–H groups in total. The number of halogens is 2. The lowest BCUT2D eigenvalue weighted by atomic mass is 9.99. The smallest absolute Gasteiger partial charge is 0.194 e. The zero-order valence-corrected chi connectivity index (χ0v) is 12.3. The second kappa shape index (κ2) is 5.18. The van der Waals surface area contributed by atoms with Crippen LogP contribution in [0, 0.1) is 23.2 Å². The maximum absolute atomic E-state index is 13.0. The predicted molar refractivity (Wildman–Crippen MR) is 78.5 cm³/mol. The highest BCUT2D eigenvalue weighted by molar-refractivity contribution is 14.1. The predicted octanol–water partition coefficient (Wildman–Crippen LogP) is 4.28. The summed E-state index contributed by atoms with van der Waals surface area (Å²) in [5, 5.41) is 0. The van der Waals surface area contributed by atoms with Crippen LogP contribution in [-0.2, 0) is 0 Å². The van der Waals surface area contributed by atoms with E-state index in [1.165, 1.54) is 18.2 Å². The van der Waals surface area contributed by atoms with Crippen LogP contribution >= 0.6 is 22.6 Å². The van der Waals surface area contributed by atoms with Gasteiger partial charge in [-0.25, -0.2) is 4.39 Å². The van der Waals surface area contributed by atoms with Crippen LogP contribution in [0.25, 0.3) is 0 Å². The fourth-order valence-corrected chi connectivity index (χ4v) is 2.43. The van der Waals surface area contributed by atoms with Crippen LogP contribution in [0.1, 0.15) is 27.0 Å². The minimum Gasteiger partial charge on any atom is -0.289 e. The zero-order valence-electron chi connectivity index (χ0n) is 10.1. The highest BCUT2D eigenvalue weighted by atomic mass is 127. The first-order chi connectivity index (χ1) is 8.49. The van der Waals surface area contributed by atoms with Gasteiger partial charge in [0.1, 0.15) is 5.82 Å². The van der Waals surface area contributed by atoms with E-state index in [2.05, 4.69) is 0 Å². The van der Waals surface area contributed by atoms with E-state index in [-0.39, 0.29) is 11.6 Å². The quantitative estimate of drug-likeness (QED) is 0.581. The topological polar surface area (TPSA) is 17.1 Å². The number of carbonyl (C=O) groups is 1. The second-order valence-electron chi connectivity index (χ2n) is 4.25. The summed E-state index contributed by atoms with van der Waals surface area (Å²) in [6, 6.07) is 9.83. The largest absolute Gasteiger partial charge is 0.289 e. The van der Waals surface area contributed by atoms with Crippen molar-refractivity contribution in [1.82, 2.24) is 0 Å². The molecule has 3 heteroatoms. The second-order valence-corrected chi connectivity index (χ2v) is 5.41. The van der Waals surface area contributed by atoms with Gasteiger partial charge in [0.15, 0.2) is 5.78 Å². The van der Waals surface area contributed by atoms with E-state index in [1.54, 1.807) is 0 Å². The van der Waals surface area contributed by atoms with Crippen molar-refractivity contribution in [1.29, 1.82) is 0 Å². The van der Waals surface area contributed by atoms with Gasteiger partial charge in [0.05, 0.1) is 0 Å². The van der Waals surface area contributed by atoms with Crippen molar-refractivity contribution in [2.24, 2.45) is 0 Å². The van der Waals surface area contributed by atoms with E-state index in [1.807, 2.05) is 54.6 Å². The maximum Gasteiger partial charge on any atom is 0.194 e. The first kappa shape index (κ1) is 13.2. The first-order valence-corrected chi connectivity index (χ1v) is 6.64. The van der Waals surface area contributed by atoms with Crippen molar-refractivity contribution in [3.8, 4) is 0 Å². The van der Waals surface area contributed by atoms with Gasteiger partial charge in [-0.1, -0.05) is 12.1 Å². The van der Waals surface area contributed by atoms with Gasteiger partial charge in [0.25, 0.3) is 0 Å². The Morgan fingerprint density at radius 1 is 1.06 bits per heavy atom. The summed E-state index contributed by atoms with van der Waals surface area (Å²) in [6.07, 6.45) is 0. The fraction of sp³-hybridized carbons (Fsp3) is 0.133. The van der Waals surface area contributed by atoms with E-state index in [0.717, 1.165) is 11.1 Å². The minimum absolute atomic E-state index is 0.0671. The third-order valence-corrected chi connectivity index (χ3v) is 3.84. The number of carbonyl (C=O) groups excluding carboxylic acids is 1. The van der Waals surface area contributed by atoms with E-state index >= 15 is 0 Å². The Hall–Kier alpha value is -1.23. The van der Waals surface area contributed by atoms with Gasteiger partial charge in [-0.05, 0) is 71.8 Å². The Bertz CT molecular complexity index is 620. The minimum atomic E-state index is -0.323. The van der Waals surface area contributed by atoms with Crippen LogP contribution in [0.5, 0.6) is 0 Å². The van der Waals surface area contributed by atoms with Crippen LogP contribution < -0.4 is 0 Å². The molecule has 0 saturated heterocycles. The number of rotatable bonds is 2. The molecule has 0 heterocycles. The van der Waals surface area contributed by atoms with E-state index < -0.39 is 0 Å². The molecule has 0 fully saturated rings. The van der Waals surface area contributed by atoms with Gasteiger partial charge in [0.2, 0.25) is 0 Å². The zero-order chi connectivity index (χ0) is 13.3. The molecule has 1 nitrogen and oxygen atoms in total. The molecule has 0 saturated carbocycles. The van der Waals surface area contributed by atoms with Crippen molar-refractivity contribution in [3.05, 3.63) is 68.0 Å². The standard InChI is InChI=1S/C15H12FIO/c1-9-3-4-11(7-10(9)2)15(18)13-6-5-12(16)8-14(13)17/h3-8H,1-2H3. The Morgan fingerprint density at radius 2 is 1.78 bits per heavy atom. The molecule has 0 amide bonds. The summed E-state index contributed by atoms with van der Waals surface area (Å²) in [5.41, 5.74) is 3.42. The Kier molecular flexibility index (Phi) is 3.80. The summed E-state index contributed by atoms with van der Waals surface area (Å²) >= 11 is 1.98. The van der Waals surface area contributed by atoms with Gasteiger partial charge in [-0.15, -0.1) is 0 Å². The Balaban J connectivity index is 2.44. The van der Waals surface area contributed by atoms with Crippen LogP contribution in [0.15, 0.2) is 36.4 Å². The highest BCUT2D eigenvalue weighted by Crippen LogP contribution is 2.19. The SMILES string of the molecule is Cc1ccc(C(=O)c2ccc(F)cc2I)cc1C. The van der Waals surface area contributed by atoms with Crippen LogP contribution in [-0.4, -0.2) is 5.78 Å². The number of benzene rings is 2. The molecule has 0 aliphatic carbocycles. The van der Waals surface area contributed by atoms with Crippen molar-refractivity contribution in [3.63, 3.8) is 0 Å². The summed E-state index contributed by atoms with van der Waals surface area (Å²) in [7, 11) is 0.